The lowest BCUT2D eigenvalue weighted by Crippen LogP contribution is -2.54. The number of ether oxygens (including phenoxy) is 1. The molecule has 0 spiro atoms. The molecule has 1 aromatic rings. The van der Waals surface area contributed by atoms with Crippen LogP contribution in [-0.4, -0.2) is 54.6 Å². The molecule has 2 rings (SSSR count). The Labute approximate surface area is 117 Å². The summed E-state index contributed by atoms with van der Waals surface area (Å²) in [5, 5.41) is 3.12. The van der Waals surface area contributed by atoms with Crippen LogP contribution in [0.1, 0.15) is 11.3 Å². The lowest BCUT2D eigenvalue weighted by atomic mass is 10.1. The van der Waals surface area contributed by atoms with Crippen molar-refractivity contribution < 1.29 is 14.3 Å². The highest BCUT2D eigenvalue weighted by Crippen LogP contribution is 2.21. The Kier molecular flexibility index (Phi) is 4.50. The average molecular weight is 275 g/mol. The Bertz CT molecular complexity index is 552. The number of hydrogen-bond acceptors (Lipinski definition) is 6. The van der Waals surface area contributed by atoms with E-state index in [0.29, 0.717) is 31.0 Å². The highest BCUT2D eigenvalue weighted by molar-refractivity contribution is 5.89. The third-order valence-corrected chi connectivity index (χ3v) is 3.33. The summed E-state index contributed by atoms with van der Waals surface area (Å²) in [7, 11) is 1.34. The van der Waals surface area contributed by atoms with Crippen LogP contribution in [-0.2, 0) is 14.3 Å². The number of carbonyl (C=O) groups excluding carboxylic acids is 2. The third-order valence-electron chi connectivity index (χ3n) is 3.33. The van der Waals surface area contributed by atoms with Crippen LogP contribution in [0.4, 0.5) is 0 Å². The third kappa shape index (κ3) is 2.71. The topological polar surface area (TPSA) is 71.5 Å². The molecule has 1 fully saturated rings. The fraction of sp³-hybridized carbons (Fsp3) is 0.429. The first-order chi connectivity index (χ1) is 9.69. The molecule has 0 aliphatic carbocycles. The Morgan fingerprint density at radius 3 is 3.05 bits per heavy atom. The molecule has 1 aromatic heterocycles. The van der Waals surface area contributed by atoms with Crippen LogP contribution >= 0.6 is 0 Å². The van der Waals surface area contributed by atoms with E-state index in [1.165, 1.54) is 7.11 Å². The van der Waals surface area contributed by atoms with Gasteiger partial charge in [0.1, 0.15) is 17.4 Å². The number of pyridine rings is 1. The molecule has 1 atom stereocenters. The van der Waals surface area contributed by atoms with Crippen LogP contribution in [0.3, 0.4) is 0 Å². The van der Waals surface area contributed by atoms with Gasteiger partial charge in [0.05, 0.1) is 7.11 Å². The maximum Gasteiger partial charge on any atom is 0.329 e. The van der Waals surface area contributed by atoms with Crippen molar-refractivity contribution in [3.8, 4) is 0 Å². The number of esters is 1. The van der Waals surface area contributed by atoms with Gasteiger partial charge in [0.15, 0.2) is 5.94 Å². The smallest absolute Gasteiger partial charge is 0.329 e. The van der Waals surface area contributed by atoms with Gasteiger partial charge in [-0.15, -0.1) is 0 Å². The van der Waals surface area contributed by atoms with Crippen LogP contribution in [0.15, 0.2) is 18.3 Å². The van der Waals surface area contributed by atoms with Crippen molar-refractivity contribution in [1.82, 2.24) is 15.2 Å². The zero-order valence-corrected chi connectivity index (χ0v) is 11.5. The lowest BCUT2D eigenvalue weighted by Gasteiger charge is -2.35. The quantitative estimate of drug-likeness (QED) is 0.619. The first kappa shape index (κ1) is 14.2. The Balaban J connectivity index is 2.37. The number of carbonyl (C=O) groups is 1. The van der Waals surface area contributed by atoms with E-state index < -0.39 is 6.04 Å². The summed E-state index contributed by atoms with van der Waals surface area (Å²) >= 11 is 0. The van der Waals surface area contributed by atoms with E-state index in [2.05, 4.69) is 10.3 Å². The average Bonchev–Trinajstić information content (AvgIpc) is 2.49. The molecule has 2 heterocycles. The molecule has 1 aliphatic heterocycles. The molecule has 0 amide bonds. The first-order valence-electron chi connectivity index (χ1n) is 6.41. The SMILES string of the molecule is COC(=O)C1CNCCN1C(=C=O)c1ncccc1C. The predicted molar refractivity (Wildman–Crippen MR) is 73.5 cm³/mol. The summed E-state index contributed by atoms with van der Waals surface area (Å²) in [4.78, 5) is 29.2. The normalized spacial score (nSPS) is 18.3. The van der Waals surface area contributed by atoms with Crippen LogP contribution in [0.25, 0.3) is 5.70 Å². The highest BCUT2D eigenvalue weighted by atomic mass is 16.5. The molecule has 0 bridgehead atoms. The van der Waals surface area contributed by atoms with E-state index in [1.807, 2.05) is 18.9 Å². The van der Waals surface area contributed by atoms with Gasteiger partial charge in [-0.05, 0) is 18.6 Å². The van der Waals surface area contributed by atoms with Crippen molar-refractivity contribution in [2.45, 2.75) is 13.0 Å². The fourth-order valence-corrected chi connectivity index (χ4v) is 2.30. The molecule has 6 nitrogen and oxygen atoms in total. The molecular weight excluding hydrogens is 258 g/mol. The number of rotatable bonds is 3. The number of aryl methyl sites for hydroxylation is 1. The van der Waals surface area contributed by atoms with Crippen LogP contribution in [0, 0.1) is 6.92 Å². The zero-order valence-electron chi connectivity index (χ0n) is 11.5. The van der Waals surface area contributed by atoms with Gasteiger partial charge >= 0.3 is 5.97 Å². The van der Waals surface area contributed by atoms with Gasteiger partial charge in [0.2, 0.25) is 0 Å². The van der Waals surface area contributed by atoms with E-state index in [1.54, 1.807) is 17.2 Å². The van der Waals surface area contributed by atoms with Crippen LogP contribution in [0.5, 0.6) is 0 Å². The zero-order chi connectivity index (χ0) is 14.5. The molecule has 0 saturated carbocycles. The number of methoxy groups -OCH3 is 1. The molecular formula is C14H17N3O3. The number of piperazine rings is 1. The van der Waals surface area contributed by atoms with Gasteiger partial charge in [-0.1, -0.05) is 6.07 Å². The van der Waals surface area contributed by atoms with Gasteiger partial charge in [0.25, 0.3) is 0 Å². The predicted octanol–water partition coefficient (Wildman–Crippen LogP) is 0.00932. The minimum Gasteiger partial charge on any atom is -0.467 e. The minimum atomic E-state index is -0.536. The summed E-state index contributed by atoms with van der Waals surface area (Å²) < 4.78 is 4.80. The van der Waals surface area contributed by atoms with E-state index in [-0.39, 0.29) is 5.97 Å². The molecule has 106 valence electrons. The molecule has 1 saturated heterocycles. The largest absolute Gasteiger partial charge is 0.467 e. The summed E-state index contributed by atoms with van der Waals surface area (Å²) in [6.07, 6.45) is 1.62. The van der Waals surface area contributed by atoms with Crippen molar-refractivity contribution in [3.63, 3.8) is 0 Å². The number of aromatic nitrogens is 1. The standard InChI is InChI=1S/C14H17N3O3/c1-10-4-3-5-16-13(10)12(9-18)17-7-6-15-8-11(17)14(19)20-2/h3-5,11,15H,6-8H2,1-2H3. The number of nitrogens with zero attached hydrogens (tertiary/aromatic N) is 2. The van der Waals surface area contributed by atoms with E-state index in [9.17, 15) is 9.59 Å². The first-order valence-corrected chi connectivity index (χ1v) is 6.41. The van der Waals surface area contributed by atoms with Crippen molar-refractivity contribution in [3.05, 3.63) is 29.6 Å². The molecule has 0 aromatic carbocycles. The lowest BCUT2D eigenvalue weighted by molar-refractivity contribution is -0.146. The van der Waals surface area contributed by atoms with Crippen LogP contribution < -0.4 is 5.32 Å². The Hall–Kier alpha value is -2.17. The second-order valence-corrected chi connectivity index (χ2v) is 4.56. The van der Waals surface area contributed by atoms with Crippen molar-refractivity contribution in [2.75, 3.05) is 26.7 Å². The van der Waals surface area contributed by atoms with Crippen molar-refractivity contribution in [2.24, 2.45) is 0 Å². The molecule has 0 radical (unpaired) electrons. The van der Waals surface area contributed by atoms with Crippen molar-refractivity contribution in [1.29, 1.82) is 0 Å². The van der Waals surface area contributed by atoms with Gasteiger partial charge in [0, 0.05) is 25.8 Å². The summed E-state index contributed by atoms with van der Waals surface area (Å²) in [6, 6.07) is 3.14. The fourth-order valence-electron chi connectivity index (χ4n) is 2.30. The van der Waals surface area contributed by atoms with Gasteiger partial charge in [-0.25, -0.2) is 9.59 Å². The maximum atomic E-state index is 11.8. The highest BCUT2D eigenvalue weighted by Gasteiger charge is 2.32. The molecule has 1 unspecified atom stereocenters. The van der Waals surface area contributed by atoms with E-state index in [4.69, 9.17) is 4.74 Å². The van der Waals surface area contributed by atoms with Crippen LogP contribution in [0.2, 0.25) is 0 Å². The van der Waals surface area contributed by atoms with E-state index >= 15 is 0 Å². The van der Waals surface area contributed by atoms with E-state index in [0.717, 1.165) is 5.56 Å². The molecule has 6 heteroatoms. The summed E-state index contributed by atoms with van der Waals surface area (Å²) in [5.41, 5.74) is 1.73. The maximum absolute atomic E-state index is 11.8. The second-order valence-electron chi connectivity index (χ2n) is 4.56. The molecule has 1 N–H and O–H groups in total. The Morgan fingerprint density at radius 1 is 1.60 bits per heavy atom. The number of hydrogen-bond donors (Lipinski definition) is 1. The monoisotopic (exact) mass is 275 g/mol. The van der Waals surface area contributed by atoms with Gasteiger partial charge in [-0.3, -0.25) is 4.98 Å². The summed E-state index contributed by atoms with van der Waals surface area (Å²) in [6.45, 7) is 3.52. The van der Waals surface area contributed by atoms with Gasteiger partial charge in [-0.2, -0.15) is 0 Å². The summed E-state index contributed by atoms with van der Waals surface area (Å²) in [5.74, 6) is 1.56. The second kappa shape index (κ2) is 6.32. The Morgan fingerprint density at radius 2 is 2.40 bits per heavy atom. The number of nitrogens with one attached hydrogen (secondary N) is 1. The minimum absolute atomic E-state index is 0.306. The molecule has 20 heavy (non-hydrogen) atoms. The van der Waals surface area contributed by atoms with Crippen molar-refractivity contribution >= 4 is 17.6 Å². The molecule has 1 aliphatic rings. The van der Waals surface area contributed by atoms with Gasteiger partial charge < -0.3 is 15.0 Å².